The lowest BCUT2D eigenvalue weighted by molar-refractivity contribution is 0.298. The van der Waals surface area contributed by atoms with Gasteiger partial charge in [-0.05, 0) is 36.5 Å². The van der Waals surface area contributed by atoms with Gasteiger partial charge in [0.2, 0.25) is 0 Å². The van der Waals surface area contributed by atoms with Gasteiger partial charge in [0.05, 0.1) is 6.61 Å². The molecule has 0 saturated carbocycles. The smallest absolute Gasteiger partial charge is 0.165 e. The summed E-state index contributed by atoms with van der Waals surface area (Å²) in [5, 5.41) is 3.33. The van der Waals surface area contributed by atoms with E-state index >= 15 is 0 Å². The van der Waals surface area contributed by atoms with Gasteiger partial charge in [0.1, 0.15) is 0 Å². The SMILES string of the molecule is CCSCCCOc1c(F)cccc1CNCC(C)C. The van der Waals surface area contributed by atoms with Gasteiger partial charge in [-0.1, -0.05) is 32.9 Å². The summed E-state index contributed by atoms with van der Waals surface area (Å²) in [5.74, 6) is 2.90. The summed E-state index contributed by atoms with van der Waals surface area (Å²) in [5.41, 5.74) is 0.897. The van der Waals surface area contributed by atoms with E-state index in [4.69, 9.17) is 4.74 Å². The fourth-order valence-corrected chi connectivity index (χ4v) is 2.44. The standard InChI is InChI=1S/C16H26FNOS/c1-4-20-10-6-9-19-16-14(7-5-8-15(16)17)12-18-11-13(2)3/h5,7-8,13,18H,4,6,9-12H2,1-3H3. The van der Waals surface area contributed by atoms with E-state index in [0.29, 0.717) is 24.8 Å². The van der Waals surface area contributed by atoms with Crippen molar-refractivity contribution in [2.24, 2.45) is 5.92 Å². The molecule has 0 spiro atoms. The molecule has 114 valence electrons. The largest absolute Gasteiger partial charge is 0.490 e. The molecule has 0 aliphatic rings. The molecule has 20 heavy (non-hydrogen) atoms. The van der Waals surface area contributed by atoms with E-state index in [1.807, 2.05) is 17.8 Å². The van der Waals surface area contributed by atoms with E-state index in [0.717, 1.165) is 30.0 Å². The predicted molar refractivity (Wildman–Crippen MR) is 86.1 cm³/mol. The fraction of sp³-hybridized carbons (Fsp3) is 0.625. The number of thioether (sulfide) groups is 1. The zero-order valence-corrected chi connectivity index (χ0v) is 13.6. The van der Waals surface area contributed by atoms with Crippen LogP contribution >= 0.6 is 11.8 Å². The third kappa shape index (κ3) is 6.62. The third-order valence-electron chi connectivity index (χ3n) is 2.80. The number of rotatable bonds is 10. The summed E-state index contributed by atoms with van der Waals surface area (Å²) in [6.07, 6.45) is 0.950. The Hall–Kier alpha value is -0.740. The van der Waals surface area contributed by atoms with E-state index in [9.17, 15) is 4.39 Å². The molecule has 0 saturated heterocycles. The molecule has 1 aromatic rings. The Labute approximate surface area is 126 Å². The first-order chi connectivity index (χ1) is 9.65. The lowest BCUT2D eigenvalue weighted by atomic mass is 10.1. The number of benzene rings is 1. The second-order valence-electron chi connectivity index (χ2n) is 5.15. The zero-order valence-electron chi connectivity index (χ0n) is 12.7. The van der Waals surface area contributed by atoms with Crippen molar-refractivity contribution in [3.8, 4) is 5.75 Å². The van der Waals surface area contributed by atoms with Crippen LogP contribution in [0.15, 0.2) is 18.2 Å². The minimum Gasteiger partial charge on any atom is -0.490 e. The zero-order chi connectivity index (χ0) is 14.8. The van der Waals surface area contributed by atoms with E-state index in [-0.39, 0.29) is 5.82 Å². The van der Waals surface area contributed by atoms with Crippen molar-refractivity contribution in [2.75, 3.05) is 24.7 Å². The molecule has 0 heterocycles. The van der Waals surface area contributed by atoms with Crippen LogP contribution in [0.3, 0.4) is 0 Å². The number of ether oxygens (including phenoxy) is 1. The lowest BCUT2D eigenvalue weighted by Crippen LogP contribution is -2.19. The number of nitrogens with one attached hydrogen (secondary N) is 1. The van der Waals surface area contributed by atoms with Crippen LogP contribution in [0.5, 0.6) is 5.75 Å². The van der Waals surface area contributed by atoms with Gasteiger partial charge in [-0.15, -0.1) is 0 Å². The molecule has 0 bridgehead atoms. The predicted octanol–water partition coefficient (Wildman–Crippen LogP) is 4.09. The van der Waals surface area contributed by atoms with Gasteiger partial charge in [0.25, 0.3) is 0 Å². The molecular formula is C16H26FNOS. The summed E-state index contributed by atoms with van der Waals surface area (Å²) in [6, 6.07) is 5.12. The second-order valence-corrected chi connectivity index (χ2v) is 6.55. The van der Waals surface area contributed by atoms with E-state index in [1.54, 1.807) is 6.07 Å². The summed E-state index contributed by atoms with van der Waals surface area (Å²) >= 11 is 1.88. The first kappa shape index (κ1) is 17.3. The van der Waals surface area contributed by atoms with Crippen molar-refractivity contribution >= 4 is 11.8 Å². The van der Waals surface area contributed by atoms with Gasteiger partial charge in [0, 0.05) is 12.1 Å². The van der Waals surface area contributed by atoms with E-state index in [1.165, 1.54) is 6.07 Å². The van der Waals surface area contributed by atoms with E-state index < -0.39 is 0 Å². The highest BCUT2D eigenvalue weighted by Crippen LogP contribution is 2.23. The van der Waals surface area contributed by atoms with Crippen molar-refractivity contribution in [3.63, 3.8) is 0 Å². The Balaban J connectivity index is 2.49. The number of hydrogen-bond donors (Lipinski definition) is 1. The van der Waals surface area contributed by atoms with Crippen LogP contribution in [0.4, 0.5) is 4.39 Å². The molecule has 1 aromatic carbocycles. The Bertz CT molecular complexity index is 385. The average Bonchev–Trinajstić information content (AvgIpc) is 2.40. The molecule has 0 aromatic heterocycles. The quantitative estimate of drug-likeness (QED) is 0.657. The van der Waals surface area contributed by atoms with Gasteiger partial charge in [0.15, 0.2) is 11.6 Å². The summed E-state index contributed by atoms with van der Waals surface area (Å²) in [6.45, 7) is 8.59. The summed E-state index contributed by atoms with van der Waals surface area (Å²) in [7, 11) is 0. The Morgan fingerprint density at radius 1 is 1.35 bits per heavy atom. The Morgan fingerprint density at radius 2 is 2.15 bits per heavy atom. The first-order valence-electron chi connectivity index (χ1n) is 7.33. The molecule has 0 unspecified atom stereocenters. The maximum atomic E-state index is 13.9. The topological polar surface area (TPSA) is 21.3 Å². The van der Waals surface area contributed by atoms with Crippen LogP contribution in [0.2, 0.25) is 0 Å². The van der Waals surface area contributed by atoms with Crippen LogP contribution in [0.1, 0.15) is 32.8 Å². The first-order valence-corrected chi connectivity index (χ1v) is 8.49. The molecule has 0 fully saturated rings. The normalized spacial score (nSPS) is 11.1. The third-order valence-corrected chi connectivity index (χ3v) is 3.79. The van der Waals surface area contributed by atoms with Crippen LogP contribution in [-0.2, 0) is 6.54 Å². The van der Waals surface area contributed by atoms with Crippen LogP contribution in [-0.4, -0.2) is 24.7 Å². The van der Waals surface area contributed by atoms with Crippen LogP contribution in [0, 0.1) is 11.7 Å². The molecule has 0 amide bonds. The average molecular weight is 299 g/mol. The molecular weight excluding hydrogens is 273 g/mol. The number of para-hydroxylation sites is 1. The number of halogens is 1. The minimum atomic E-state index is -0.267. The molecule has 0 radical (unpaired) electrons. The molecule has 2 nitrogen and oxygen atoms in total. The van der Waals surface area contributed by atoms with Gasteiger partial charge < -0.3 is 10.1 Å². The number of hydrogen-bond acceptors (Lipinski definition) is 3. The van der Waals surface area contributed by atoms with Crippen molar-refractivity contribution in [1.29, 1.82) is 0 Å². The monoisotopic (exact) mass is 299 g/mol. The summed E-state index contributed by atoms with van der Waals surface area (Å²) in [4.78, 5) is 0. The maximum Gasteiger partial charge on any atom is 0.165 e. The van der Waals surface area contributed by atoms with Crippen molar-refractivity contribution in [2.45, 2.75) is 33.7 Å². The van der Waals surface area contributed by atoms with Gasteiger partial charge >= 0.3 is 0 Å². The highest BCUT2D eigenvalue weighted by molar-refractivity contribution is 7.99. The highest BCUT2D eigenvalue weighted by Gasteiger charge is 2.09. The Kier molecular flexibility index (Phi) is 8.70. The van der Waals surface area contributed by atoms with Crippen molar-refractivity contribution in [3.05, 3.63) is 29.6 Å². The fourth-order valence-electron chi connectivity index (χ4n) is 1.83. The molecule has 1 rings (SSSR count). The highest BCUT2D eigenvalue weighted by atomic mass is 32.2. The van der Waals surface area contributed by atoms with Gasteiger partial charge in [-0.2, -0.15) is 11.8 Å². The molecule has 1 N–H and O–H groups in total. The van der Waals surface area contributed by atoms with Crippen LogP contribution < -0.4 is 10.1 Å². The maximum absolute atomic E-state index is 13.9. The lowest BCUT2D eigenvalue weighted by Gasteiger charge is -2.14. The second kappa shape index (κ2) is 10.1. The van der Waals surface area contributed by atoms with Gasteiger partial charge in [-0.25, -0.2) is 4.39 Å². The molecule has 0 aliphatic carbocycles. The molecule has 0 aliphatic heterocycles. The summed E-state index contributed by atoms with van der Waals surface area (Å²) < 4.78 is 19.5. The molecule has 0 atom stereocenters. The van der Waals surface area contributed by atoms with Crippen molar-refractivity contribution in [1.82, 2.24) is 5.32 Å². The van der Waals surface area contributed by atoms with Crippen LogP contribution in [0.25, 0.3) is 0 Å². The van der Waals surface area contributed by atoms with Gasteiger partial charge in [-0.3, -0.25) is 0 Å². The molecule has 4 heteroatoms. The van der Waals surface area contributed by atoms with Crippen molar-refractivity contribution < 1.29 is 9.13 Å². The van der Waals surface area contributed by atoms with E-state index in [2.05, 4.69) is 26.1 Å². The Morgan fingerprint density at radius 3 is 2.85 bits per heavy atom. The minimum absolute atomic E-state index is 0.267.